The number of anilines is 1. The number of carbonyl (C=O) groups excluding carboxylic acids is 2. The Hall–Kier alpha value is -2.81. The number of carboxylic acid groups (broad SMARTS) is 1. The molecular formula is C16H16N4O4S. The second kappa shape index (κ2) is 7.39. The molecule has 1 fully saturated rings. The molecule has 1 aliphatic rings. The van der Waals surface area contributed by atoms with Gasteiger partial charge in [-0.3, -0.25) is 9.59 Å². The van der Waals surface area contributed by atoms with Crippen LogP contribution in [0.15, 0.2) is 30.5 Å². The normalized spacial score (nSPS) is 17.1. The predicted molar refractivity (Wildman–Crippen MR) is 90.6 cm³/mol. The summed E-state index contributed by atoms with van der Waals surface area (Å²) in [6.07, 6.45) is 3.39. The standard InChI is InChI=1S/C16H16N4O4S/c21-14(13-9-17-19-25-13)18-11-5-3-4-10(8-11)15(22)20-7-2-1-6-12(20)16(23)24/h3-5,8-9,12H,1-2,6-7H2,(H,18,21)(H,23,24). The summed E-state index contributed by atoms with van der Waals surface area (Å²) < 4.78 is 3.63. The van der Waals surface area contributed by atoms with Crippen molar-refractivity contribution in [2.75, 3.05) is 11.9 Å². The molecule has 1 aromatic heterocycles. The minimum absolute atomic E-state index is 0.341. The first kappa shape index (κ1) is 17.0. The average molecular weight is 360 g/mol. The molecule has 8 nitrogen and oxygen atoms in total. The molecule has 130 valence electrons. The van der Waals surface area contributed by atoms with Crippen LogP contribution >= 0.6 is 11.5 Å². The van der Waals surface area contributed by atoms with E-state index in [2.05, 4.69) is 14.9 Å². The number of carboxylic acids is 1. The maximum absolute atomic E-state index is 12.7. The van der Waals surface area contributed by atoms with E-state index in [9.17, 15) is 19.5 Å². The number of aromatic nitrogens is 2. The fourth-order valence-electron chi connectivity index (χ4n) is 2.79. The Kier molecular flexibility index (Phi) is 5.03. The number of piperidine rings is 1. The second-order valence-electron chi connectivity index (χ2n) is 5.67. The highest BCUT2D eigenvalue weighted by Gasteiger charge is 2.32. The zero-order chi connectivity index (χ0) is 17.8. The minimum Gasteiger partial charge on any atom is -0.480 e. The summed E-state index contributed by atoms with van der Waals surface area (Å²) >= 11 is 0.973. The van der Waals surface area contributed by atoms with Crippen molar-refractivity contribution < 1.29 is 19.5 Å². The van der Waals surface area contributed by atoms with Crippen LogP contribution in [-0.4, -0.2) is 50.0 Å². The molecule has 1 saturated heterocycles. The average Bonchev–Trinajstić information content (AvgIpc) is 3.16. The van der Waals surface area contributed by atoms with Gasteiger partial charge in [0, 0.05) is 17.8 Å². The van der Waals surface area contributed by atoms with Gasteiger partial charge >= 0.3 is 5.97 Å². The molecule has 0 saturated carbocycles. The summed E-state index contributed by atoms with van der Waals surface area (Å²) in [4.78, 5) is 37.9. The lowest BCUT2D eigenvalue weighted by Gasteiger charge is -2.33. The molecule has 1 aliphatic heterocycles. The Labute approximate surface area is 147 Å². The highest BCUT2D eigenvalue weighted by molar-refractivity contribution is 7.07. The first-order valence-electron chi connectivity index (χ1n) is 7.79. The van der Waals surface area contributed by atoms with Crippen molar-refractivity contribution in [3.63, 3.8) is 0 Å². The van der Waals surface area contributed by atoms with E-state index in [0.717, 1.165) is 24.4 Å². The van der Waals surface area contributed by atoms with Crippen molar-refractivity contribution in [3.05, 3.63) is 40.9 Å². The van der Waals surface area contributed by atoms with Crippen molar-refractivity contribution in [1.29, 1.82) is 0 Å². The number of amides is 2. The van der Waals surface area contributed by atoms with E-state index in [1.54, 1.807) is 24.3 Å². The number of likely N-dealkylation sites (tertiary alicyclic amines) is 1. The number of rotatable bonds is 4. The van der Waals surface area contributed by atoms with Gasteiger partial charge in [-0.25, -0.2) is 4.79 Å². The van der Waals surface area contributed by atoms with E-state index in [1.165, 1.54) is 11.1 Å². The second-order valence-corrected chi connectivity index (χ2v) is 6.45. The van der Waals surface area contributed by atoms with Crippen LogP contribution in [0.3, 0.4) is 0 Å². The van der Waals surface area contributed by atoms with Crippen molar-refractivity contribution in [3.8, 4) is 0 Å². The van der Waals surface area contributed by atoms with E-state index in [4.69, 9.17) is 0 Å². The number of hydrogen-bond acceptors (Lipinski definition) is 6. The molecule has 2 heterocycles. The summed E-state index contributed by atoms with van der Waals surface area (Å²) in [5, 5.41) is 15.6. The van der Waals surface area contributed by atoms with Crippen LogP contribution in [0, 0.1) is 0 Å². The van der Waals surface area contributed by atoms with Crippen LogP contribution < -0.4 is 5.32 Å². The van der Waals surface area contributed by atoms with Gasteiger partial charge < -0.3 is 15.3 Å². The van der Waals surface area contributed by atoms with Gasteiger partial charge in [0.05, 0.1) is 6.20 Å². The van der Waals surface area contributed by atoms with Crippen molar-refractivity contribution in [1.82, 2.24) is 14.5 Å². The quantitative estimate of drug-likeness (QED) is 0.861. The third-order valence-electron chi connectivity index (χ3n) is 4.00. The van der Waals surface area contributed by atoms with E-state index < -0.39 is 12.0 Å². The lowest BCUT2D eigenvalue weighted by molar-refractivity contribution is -0.143. The molecule has 2 N–H and O–H groups in total. The Morgan fingerprint density at radius 3 is 2.84 bits per heavy atom. The van der Waals surface area contributed by atoms with Gasteiger partial charge in [0.2, 0.25) is 0 Å². The molecular weight excluding hydrogens is 344 g/mol. The highest BCUT2D eigenvalue weighted by Crippen LogP contribution is 2.21. The zero-order valence-corrected chi connectivity index (χ0v) is 14.0. The van der Waals surface area contributed by atoms with Crippen LogP contribution in [0.1, 0.15) is 39.3 Å². The minimum atomic E-state index is -0.991. The monoisotopic (exact) mass is 360 g/mol. The molecule has 0 spiro atoms. The molecule has 25 heavy (non-hydrogen) atoms. The molecule has 2 amide bonds. The largest absolute Gasteiger partial charge is 0.480 e. The number of hydrogen-bond donors (Lipinski definition) is 2. The molecule has 1 atom stereocenters. The van der Waals surface area contributed by atoms with Gasteiger partial charge in [-0.05, 0) is 49.0 Å². The summed E-state index contributed by atoms with van der Waals surface area (Å²) in [6, 6.07) is 5.66. The number of benzene rings is 1. The molecule has 0 bridgehead atoms. The maximum Gasteiger partial charge on any atom is 0.326 e. The number of carbonyl (C=O) groups is 3. The molecule has 9 heteroatoms. The Morgan fingerprint density at radius 2 is 2.12 bits per heavy atom. The van der Waals surface area contributed by atoms with Crippen molar-refractivity contribution >= 4 is 35.0 Å². The number of nitrogens with one attached hydrogen (secondary N) is 1. The predicted octanol–water partition coefficient (Wildman–Crippen LogP) is 1.87. The number of aliphatic carboxylic acids is 1. The van der Waals surface area contributed by atoms with Gasteiger partial charge in [-0.1, -0.05) is 10.6 Å². The molecule has 0 radical (unpaired) electrons. The van der Waals surface area contributed by atoms with Gasteiger partial charge in [-0.15, -0.1) is 5.10 Å². The van der Waals surface area contributed by atoms with Gasteiger partial charge in [0.25, 0.3) is 11.8 Å². The molecule has 0 aliphatic carbocycles. The molecule has 1 unspecified atom stereocenters. The van der Waals surface area contributed by atoms with E-state index in [-0.39, 0.29) is 11.8 Å². The topological polar surface area (TPSA) is 112 Å². The van der Waals surface area contributed by atoms with E-state index in [1.807, 2.05) is 0 Å². The lowest BCUT2D eigenvalue weighted by Crippen LogP contribution is -2.48. The first-order chi connectivity index (χ1) is 12.1. The molecule has 3 rings (SSSR count). The van der Waals surface area contributed by atoms with E-state index >= 15 is 0 Å². The SMILES string of the molecule is O=C(Nc1cccc(C(=O)N2CCCCC2C(=O)O)c1)c1cnns1. The van der Waals surface area contributed by atoms with Crippen molar-refractivity contribution in [2.24, 2.45) is 0 Å². The summed E-state index contributed by atoms with van der Waals surface area (Å²) in [5.41, 5.74) is 0.793. The third-order valence-corrected chi connectivity index (χ3v) is 4.66. The summed E-state index contributed by atoms with van der Waals surface area (Å²) in [6.45, 7) is 0.416. The van der Waals surface area contributed by atoms with Crippen LogP contribution in [0.25, 0.3) is 0 Å². The smallest absolute Gasteiger partial charge is 0.326 e. The van der Waals surface area contributed by atoms with Crippen LogP contribution in [0.4, 0.5) is 5.69 Å². The molecule has 2 aromatic rings. The van der Waals surface area contributed by atoms with Gasteiger partial charge in [0.1, 0.15) is 10.9 Å². The van der Waals surface area contributed by atoms with Crippen LogP contribution in [0.2, 0.25) is 0 Å². The van der Waals surface area contributed by atoms with Gasteiger partial charge in [0.15, 0.2) is 0 Å². The maximum atomic E-state index is 12.7. The fourth-order valence-corrected chi connectivity index (χ4v) is 3.20. The summed E-state index contributed by atoms with van der Waals surface area (Å²) in [7, 11) is 0. The zero-order valence-electron chi connectivity index (χ0n) is 13.2. The van der Waals surface area contributed by atoms with Crippen LogP contribution in [0.5, 0.6) is 0 Å². The van der Waals surface area contributed by atoms with E-state index in [0.29, 0.717) is 29.1 Å². The van der Waals surface area contributed by atoms with Crippen LogP contribution in [-0.2, 0) is 4.79 Å². The summed E-state index contributed by atoms with van der Waals surface area (Å²) in [5.74, 6) is -1.70. The highest BCUT2D eigenvalue weighted by atomic mass is 32.1. The Balaban J connectivity index is 1.77. The Bertz CT molecular complexity index is 793. The van der Waals surface area contributed by atoms with Gasteiger partial charge in [-0.2, -0.15) is 0 Å². The Morgan fingerprint density at radius 1 is 1.28 bits per heavy atom. The number of nitrogens with zero attached hydrogens (tertiary/aromatic N) is 3. The third kappa shape index (κ3) is 3.82. The fraction of sp³-hybridized carbons (Fsp3) is 0.312. The van der Waals surface area contributed by atoms with Crippen molar-refractivity contribution in [2.45, 2.75) is 25.3 Å². The lowest BCUT2D eigenvalue weighted by atomic mass is 10.0. The molecule has 1 aromatic carbocycles. The first-order valence-corrected chi connectivity index (χ1v) is 8.56.